The molecule has 0 radical (unpaired) electrons. The van der Waals surface area contributed by atoms with Crippen molar-refractivity contribution in [2.24, 2.45) is 0 Å². The summed E-state index contributed by atoms with van der Waals surface area (Å²) in [4.78, 5) is 0. The average molecular weight is 712 g/mol. The van der Waals surface area contributed by atoms with Crippen LogP contribution in [0, 0.1) is 5.41 Å². The molecule has 0 unspecified atom stereocenters. The van der Waals surface area contributed by atoms with E-state index in [1.165, 1.54) is 71.2 Å². The maximum absolute atomic E-state index is 9.06. The van der Waals surface area contributed by atoms with E-state index in [4.69, 9.17) is 5.41 Å². The first-order valence-electron chi connectivity index (χ1n) is 19.2. The number of aromatic nitrogens is 2. The molecule has 0 atom stereocenters. The van der Waals surface area contributed by atoms with Crippen LogP contribution in [0.25, 0.3) is 99.1 Å². The summed E-state index contributed by atoms with van der Waals surface area (Å²) in [5, 5.41) is 16.4. The topological polar surface area (TPSA) is 33.7 Å². The van der Waals surface area contributed by atoms with E-state index in [1.54, 1.807) is 0 Å². The fraction of sp³-hybridized carbons (Fsp3) is 0. The van der Waals surface area contributed by atoms with Gasteiger partial charge in [0, 0.05) is 44.0 Å². The van der Waals surface area contributed by atoms with Crippen LogP contribution in [0.2, 0.25) is 0 Å². The summed E-state index contributed by atoms with van der Waals surface area (Å²) in [6.45, 7) is 0. The van der Waals surface area contributed by atoms with Crippen LogP contribution in [0.15, 0.2) is 194 Å². The van der Waals surface area contributed by atoms with Crippen LogP contribution in [0.4, 0.5) is 0 Å². The zero-order valence-corrected chi connectivity index (χ0v) is 30.4. The molecule has 0 fully saturated rings. The molecule has 260 valence electrons. The molecule has 2 aromatic heterocycles. The van der Waals surface area contributed by atoms with Gasteiger partial charge in [0.15, 0.2) is 0 Å². The highest BCUT2D eigenvalue weighted by atomic mass is 15.0. The van der Waals surface area contributed by atoms with Crippen LogP contribution in [0.5, 0.6) is 0 Å². The van der Waals surface area contributed by atoms with E-state index < -0.39 is 0 Å². The van der Waals surface area contributed by atoms with Gasteiger partial charge >= 0.3 is 0 Å². The summed E-state index contributed by atoms with van der Waals surface area (Å²) < 4.78 is 4.77. The second-order valence-electron chi connectivity index (χ2n) is 14.9. The maximum Gasteiger partial charge on any atom is 0.0703 e. The minimum atomic E-state index is 0.604. The normalized spacial score (nSPS) is 12.3. The van der Waals surface area contributed by atoms with Gasteiger partial charge in [-0.25, -0.2) is 0 Å². The molecule has 9 aromatic carbocycles. The molecular formula is C53H33N3. The van der Waals surface area contributed by atoms with Crippen LogP contribution < -0.4 is 0 Å². The van der Waals surface area contributed by atoms with E-state index in [0.717, 1.165) is 39.1 Å². The second kappa shape index (κ2) is 11.8. The third kappa shape index (κ3) is 4.43. The third-order valence-corrected chi connectivity index (χ3v) is 11.9. The van der Waals surface area contributed by atoms with Crippen LogP contribution >= 0.6 is 0 Å². The van der Waals surface area contributed by atoms with Crippen molar-refractivity contribution in [1.29, 1.82) is 5.41 Å². The number of benzene rings is 9. The van der Waals surface area contributed by atoms with Crippen LogP contribution in [0.3, 0.4) is 0 Å². The molecular weight excluding hydrogens is 679 g/mol. The summed E-state index contributed by atoms with van der Waals surface area (Å²) in [6, 6.07) is 70.2. The molecule has 2 heterocycles. The first-order chi connectivity index (χ1) is 27.7. The lowest BCUT2D eigenvalue weighted by atomic mass is 9.93. The largest absolute Gasteiger partial charge is 0.309 e. The molecule has 0 amide bonds. The van der Waals surface area contributed by atoms with Gasteiger partial charge in [0.1, 0.15) is 0 Å². The molecule has 0 saturated carbocycles. The fourth-order valence-electron chi connectivity index (χ4n) is 9.34. The predicted molar refractivity (Wildman–Crippen MR) is 235 cm³/mol. The second-order valence-corrected chi connectivity index (χ2v) is 14.9. The lowest BCUT2D eigenvalue weighted by Gasteiger charge is -2.12. The van der Waals surface area contributed by atoms with Gasteiger partial charge in [-0.1, -0.05) is 127 Å². The molecule has 12 rings (SSSR count). The Morgan fingerprint density at radius 3 is 1.54 bits per heavy atom. The first kappa shape index (κ1) is 30.9. The summed E-state index contributed by atoms with van der Waals surface area (Å²) >= 11 is 0. The quantitative estimate of drug-likeness (QED) is 0.189. The van der Waals surface area contributed by atoms with E-state index in [9.17, 15) is 0 Å². The van der Waals surface area contributed by atoms with Gasteiger partial charge in [-0.3, -0.25) is 5.41 Å². The van der Waals surface area contributed by atoms with Gasteiger partial charge in [-0.2, -0.15) is 0 Å². The molecule has 1 aliphatic rings. The predicted octanol–water partition coefficient (Wildman–Crippen LogP) is 13.8. The van der Waals surface area contributed by atoms with Crippen LogP contribution in [-0.2, 0) is 0 Å². The molecule has 3 heteroatoms. The zero-order chi connectivity index (χ0) is 36.9. The number of para-hydroxylation sites is 3. The molecule has 1 N–H and O–H groups in total. The number of hydrogen-bond acceptors (Lipinski definition) is 1. The lowest BCUT2D eigenvalue weighted by Crippen LogP contribution is -1.98. The Morgan fingerprint density at radius 1 is 0.304 bits per heavy atom. The van der Waals surface area contributed by atoms with E-state index >= 15 is 0 Å². The minimum Gasteiger partial charge on any atom is -0.309 e. The van der Waals surface area contributed by atoms with Crippen molar-refractivity contribution >= 4 is 60.1 Å². The van der Waals surface area contributed by atoms with Gasteiger partial charge in [0.25, 0.3) is 0 Å². The summed E-state index contributed by atoms with van der Waals surface area (Å²) in [5.41, 5.74) is 16.7. The standard InChI is InChI=1S/C53H33N3/c54-53-45-16-5-4-13-41(45)44-18-10-17-40(52(44)53)37-22-21-34-30-39(26-23-33(34)29-37)56-49-20-9-7-15-43(49)47-32-36(25-28-51(47)56)35-24-27-50-46(31-35)42-14-6-8-19-48(42)55(50)38-11-2-1-3-12-38/h1-32,54H. The summed E-state index contributed by atoms with van der Waals surface area (Å²) in [5.74, 6) is 0. The molecule has 1 aliphatic carbocycles. The monoisotopic (exact) mass is 711 g/mol. The van der Waals surface area contributed by atoms with Crippen molar-refractivity contribution in [3.63, 3.8) is 0 Å². The van der Waals surface area contributed by atoms with Crippen molar-refractivity contribution in [1.82, 2.24) is 9.13 Å². The Balaban J connectivity index is 0.962. The summed E-state index contributed by atoms with van der Waals surface area (Å²) in [6.07, 6.45) is 0. The van der Waals surface area contributed by atoms with Crippen molar-refractivity contribution in [3.05, 3.63) is 205 Å². The fourth-order valence-corrected chi connectivity index (χ4v) is 9.34. The Morgan fingerprint density at radius 2 is 0.821 bits per heavy atom. The highest BCUT2D eigenvalue weighted by molar-refractivity contribution is 6.26. The van der Waals surface area contributed by atoms with Gasteiger partial charge in [-0.15, -0.1) is 0 Å². The van der Waals surface area contributed by atoms with Crippen LogP contribution in [-0.4, -0.2) is 14.8 Å². The van der Waals surface area contributed by atoms with Gasteiger partial charge in [-0.05, 0) is 111 Å². The SMILES string of the molecule is N=C1c2ccccc2-c2cccc(-c3ccc4cc(-n5c6ccccc6c6cc(-c7ccc8c(c7)c7ccccc7n8-c7ccccc7)ccc65)ccc4c3)c21. The van der Waals surface area contributed by atoms with Gasteiger partial charge in [0.2, 0.25) is 0 Å². The minimum absolute atomic E-state index is 0.604. The Bertz CT molecular complexity index is 3430. The Kier molecular flexibility index (Phi) is 6.49. The maximum atomic E-state index is 9.06. The first-order valence-corrected chi connectivity index (χ1v) is 19.2. The molecule has 56 heavy (non-hydrogen) atoms. The molecule has 3 nitrogen and oxygen atoms in total. The van der Waals surface area contributed by atoms with E-state index in [2.05, 4.69) is 197 Å². The van der Waals surface area contributed by atoms with E-state index in [-0.39, 0.29) is 0 Å². The Labute approximate surface area is 323 Å². The molecule has 11 aromatic rings. The van der Waals surface area contributed by atoms with E-state index in [0.29, 0.717) is 5.71 Å². The number of rotatable bonds is 4. The average Bonchev–Trinajstić information content (AvgIpc) is 3.88. The molecule has 0 bridgehead atoms. The smallest absolute Gasteiger partial charge is 0.0703 e. The highest BCUT2D eigenvalue weighted by Crippen LogP contribution is 2.43. The molecule has 0 spiro atoms. The highest BCUT2D eigenvalue weighted by Gasteiger charge is 2.26. The summed E-state index contributed by atoms with van der Waals surface area (Å²) in [7, 11) is 0. The lowest BCUT2D eigenvalue weighted by molar-refractivity contribution is 1.18. The van der Waals surface area contributed by atoms with Crippen molar-refractivity contribution in [2.45, 2.75) is 0 Å². The van der Waals surface area contributed by atoms with Gasteiger partial charge in [0.05, 0.1) is 27.8 Å². The third-order valence-electron chi connectivity index (χ3n) is 11.9. The Hall–Kier alpha value is -7.49. The van der Waals surface area contributed by atoms with E-state index in [1.807, 2.05) is 6.07 Å². The van der Waals surface area contributed by atoms with Crippen molar-refractivity contribution in [2.75, 3.05) is 0 Å². The number of nitrogens with zero attached hydrogens (tertiary/aromatic N) is 2. The van der Waals surface area contributed by atoms with Crippen LogP contribution in [0.1, 0.15) is 11.1 Å². The molecule has 0 saturated heterocycles. The number of fused-ring (bicyclic) bond motifs is 10. The van der Waals surface area contributed by atoms with Crippen molar-refractivity contribution in [3.8, 4) is 44.8 Å². The van der Waals surface area contributed by atoms with Crippen molar-refractivity contribution < 1.29 is 0 Å². The zero-order valence-electron chi connectivity index (χ0n) is 30.4. The molecule has 0 aliphatic heterocycles. The number of hydrogen-bond donors (Lipinski definition) is 1. The van der Waals surface area contributed by atoms with Gasteiger partial charge < -0.3 is 9.13 Å². The number of nitrogens with one attached hydrogen (secondary N) is 1.